The van der Waals surface area contributed by atoms with E-state index >= 15 is 0 Å². The number of carboxylic acids is 1. The molecule has 0 aliphatic carbocycles. The molecule has 5 heteroatoms. The second kappa shape index (κ2) is 5.48. The fourth-order valence-electron chi connectivity index (χ4n) is 1.42. The number of ether oxygens (including phenoxy) is 1. The van der Waals surface area contributed by atoms with Gasteiger partial charge in [0.1, 0.15) is 5.75 Å². The van der Waals surface area contributed by atoms with Gasteiger partial charge in [-0.05, 0) is 17.7 Å². The molecule has 1 rings (SSSR count). The molecule has 88 valence electrons. The summed E-state index contributed by atoms with van der Waals surface area (Å²) in [4.78, 5) is 10.5. The number of nitrogens with two attached hydrogens (primary N) is 2. The predicted molar refractivity (Wildman–Crippen MR) is 60.2 cm³/mol. The van der Waals surface area contributed by atoms with Gasteiger partial charge in [0.15, 0.2) is 0 Å². The van der Waals surface area contributed by atoms with E-state index in [-0.39, 0.29) is 6.42 Å². The Bertz CT molecular complexity index is 368. The summed E-state index contributed by atoms with van der Waals surface area (Å²) in [5.41, 5.74) is 12.3. The minimum atomic E-state index is -0.953. The molecular weight excluding hydrogens is 208 g/mol. The minimum absolute atomic E-state index is 0.154. The maximum atomic E-state index is 10.5. The zero-order valence-electron chi connectivity index (χ0n) is 9.09. The van der Waals surface area contributed by atoms with Gasteiger partial charge in [0, 0.05) is 12.1 Å². The molecule has 1 aromatic rings. The molecule has 2 atom stereocenters. The van der Waals surface area contributed by atoms with Gasteiger partial charge in [-0.1, -0.05) is 12.1 Å². The van der Waals surface area contributed by atoms with Crippen LogP contribution in [0.3, 0.4) is 0 Å². The molecule has 0 saturated heterocycles. The van der Waals surface area contributed by atoms with Crippen molar-refractivity contribution >= 4 is 5.97 Å². The largest absolute Gasteiger partial charge is 0.497 e. The summed E-state index contributed by atoms with van der Waals surface area (Å²) in [5, 5.41) is 8.62. The maximum absolute atomic E-state index is 10.5. The normalized spacial score (nSPS) is 14.2. The average Bonchev–Trinajstić information content (AvgIpc) is 2.27. The van der Waals surface area contributed by atoms with Crippen LogP contribution in [0.15, 0.2) is 24.3 Å². The van der Waals surface area contributed by atoms with Crippen molar-refractivity contribution < 1.29 is 14.6 Å². The summed E-state index contributed by atoms with van der Waals surface area (Å²) in [6, 6.07) is 6.03. The van der Waals surface area contributed by atoms with E-state index in [9.17, 15) is 4.79 Å². The number of rotatable bonds is 5. The van der Waals surface area contributed by atoms with Crippen LogP contribution in [-0.4, -0.2) is 24.2 Å². The second-order valence-corrected chi connectivity index (χ2v) is 3.56. The highest BCUT2D eigenvalue weighted by molar-refractivity contribution is 5.67. The standard InChI is InChI=1S/C11H16N2O3/c1-16-8-4-2-3-7(5-8)11(13)9(12)6-10(14)15/h2-5,9,11H,6,12-13H2,1H3,(H,14,15). The van der Waals surface area contributed by atoms with Gasteiger partial charge in [-0.25, -0.2) is 0 Å². The van der Waals surface area contributed by atoms with Crippen molar-refractivity contribution in [3.63, 3.8) is 0 Å². The zero-order chi connectivity index (χ0) is 12.1. The van der Waals surface area contributed by atoms with E-state index < -0.39 is 18.1 Å². The Morgan fingerprint density at radius 2 is 2.19 bits per heavy atom. The summed E-state index contributed by atoms with van der Waals surface area (Å²) in [6.07, 6.45) is -0.154. The highest BCUT2D eigenvalue weighted by Gasteiger charge is 2.18. The van der Waals surface area contributed by atoms with Gasteiger partial charge in [-0.15, -0.1) is 0 Å². The van der Waals surface area contributed by atoms with Crippen LogP contribution in [0.25, 0.3) is 0 Å². The summed E-state index contributed by atoms with van der Waals surface area (Å²) in [7, 11) is 1.56. The third-order valence-corrected chi connectivity index (χ3v) is 2.35. The van der Waals surface area contributed by atoms with E-state index in [0.717, 1.165) is 5.56 Å². The van der Waals surface area contributed by atoms with Crippen LogP contribution >= 0.6 is 0 Å². The molecule has 0 fully saturated rings. The SMILES string of the molecule is COc1cccc(C(N)C(N)CC(=O)O)c1. The van der Waals surface area contributed by atoms with Gasteiger partial charge in [0.2, 0.25) is 0 Å². The molecule has 5 nitrogen and oxygen atoms in total. The van der Waals surface area contributed by atoms with Crippen molar-refractivity contribution in [3.8, 4) is 5.75 Å². The van der Waals surface area contributed by atoms with Crippen LogP contribution in [0.5, 0.6) is 5.75 Å². The molecule has 0 aliphatic rings. The van der Waals surface area contributed by atoms with Gasteiger partial charge in [-0.3, -0.25) is 4.79 Å². The van der Waals surface area contributed by atoms with Crippen LogP contribution in [-0.2, 0) is 4.79 Å². The van der Waals surface area contributed by atoms with Crippen molar-refractivity contribution in [2.45, 2.75) is 18.5 Å². The van der Waals surface area contributed by atoms with Crippen LogP contribution in [0.2, 0.25) is 0 Å². The summed E-state index contributed by atoms with van der Waals surface area (Å²) < 4.78 is 5.05. The lowest BCUT2D eigenvalue weighted by Gasteiger charge is -2.19. The van der Waals surface area contributed by atoms with E-state index in [0.29, 0.717) is 5.75 Å². The number of hydrogen-bond donors (Lipinski definition) is 3. The highest BCUT2D eigenvalue weighted by Crippen LogP contribution is 2.20. The van der Waals surface area contributed by atoms with Gasteiger partial charge in [-0.2, -0.15) is 0 Å². The Labute approximate surface area is 94.0 Å². The molecule has 0 amide bonds. The van der Waals surface area contributed by atoms with Crippen molar-refractivity contribution in [1.29, 1.82) is 0 Å². The first kappa shape index (κ1) is 12.5. The molecule has 16 heavy (non-hydrogen) atoms. The second-order valence-electron chi connectivity index (χ2n) is 3.56. The average molecular weight is 224 g/mol. The first-order valence-electron chi connectivity index (χ1n) is 4.91. The zero-order valence-corrected chi connectivity index (χ0v) is 9.09. The molecule has 0 bridgehead atoms. The fourth-order valence-corrected chi connectivity index (χ4v) is 1.42. The monoisotopic (exact) mass is 224 g/mol. The first-order chi connectivity index (χ1) is 7.54. The quantitative estimate of drug-likeness (QED) is 0.676. The van der Waals surface area contributed by atoms with E-state index in [2.05, 4.69) is 0 Å². The Kier molecular flexibility index (Phi) is 4.28. The molecule has 0 aromatic heterocycles. The summed E-state index contributed by atoms with van der Waals surface area (Å²) >= 11 is 0. The molecule has 0 aliphatic heterocycles. The van der Waals surface area contributed by atoms with Crippen LogP contribution < -0.4 is 16.2 Å². The number of hydrogen-bond acceptors (Lipinski definition) is 4. The highest BCUT2D eigenvalue weighted by atomic mass is 16.5. The number of aliphatic carboxylic acids is 1. The van der Waals surface area contributed by atoms with Gasteiger partial charge in [0.05, 0.1) is 13.5 Å². The van der Waals surface area contributed by atoms with Crippen molar-refractivity contribution in [3.05, 3.63) is 29.8 Å². The number of carboxylic acid groups (broad SMARTS) is 1. The van der Waals surface area contributed by atoms with Crippen LogP contribution in [0, 0.1) is 0 Å². The Morgan fingerprint density at radius 3 is 2.75 bits per heavy atom. The molecule has 2 unspecified atom stereocenters. The fraction of sp³-hybridized carbons (Fsp3) is 0.364. The lowest BCUT2D eigenvalue weighted by atomic mass is 9.98. The molecule has 0 saturated carbocycles. The predicted octanol–water partition coefficient (Wildman–Crippen LogP) is 0.497. The maximum Gasteiger partial charge on any atom is 0.304 e. The Morgan fingerprint density at radius 1 is 1.50 bits per heavy atom. The lowest BCUT2D eigenvalue weighted by molar-refractivity contribution is -0.137. The molecule has 0 spiro atoms. The van der Waals surface area contributed by atoms with Crippen LogP contribution in [0.4, 0.5) is 0 Å². The van der Waals surface area contributed by atoms with E-state index in [1.165, 1.54) is 0 Å². The third kappa shape index (κ3) is 3.22. The number of carbonyl (C=O) groups is 1. The van der Waals surface area contributed by atoms with Gasteiger partial charge < -0.3 is 21.3 Å². The molecule has 1 aromatic carbocycles. The smallest absolute Gasteiger partial charge is 0.304 e. The first-order valence-corrected chi connectivity index (χ1v) is 4.91. The van der Waals surface area contributed by atoms with Crippen molar-refractivity contribution in [2.24, 2.45) is 11.5 Å². The number of benzene rings is 1. The number of methoxy groups -OCH3 is 1. The minimum Gasteiger partial charge on any atom is -0.497 e. The molecule has 0 heterocycles. The van der Waals surface area contributed by atoms with E-state index in [1.54, 1.807) is 31.4 Å². The molecule has 0 radical (unpaired) electrons. The molecule has 5 N–H and O–H groups in total. The van der Waals surface area contributed by atoms with E-state index in [4.69, 9.17) is 21.3 Å². The third-order valence-electron chi connectivity index (χ3n) is 2.35. The van der Waals surface area contributed by atoms with Gasteiger partial charge >= 0.3 is 5.97 Å². The Balaban J connectivity index is 2.78. The van der Waals surface area contributed by atoms with Gasteiger partial charge in [0.25, 0.3) is 0 Å². The van der Waals surface area contributed by atoms with Crippen molar-refractivity contribution in [2.75, 3.05) is 7.11 Å². The van der Waals surface area contributed by atoms with Crippen molar-refractivity contribution in [1.82, 2.24) is 0 Å². The topological polar surface area (TPSA) is 98.6 Å². The molecular formula is C11H16N2O3. The summed E-state index contributed by atoms with van der Waals surface area (Å²) in [5.74, 6) is -0.277. The lowest BCUT2D eigenvalue weighted by Crippen LogP contribution is -2.36. The van der Waals surface area contributed by atoms with E-state index in [1.807, 2.05) is 0 Å². The summed E-state index contributed by atoms with van der Waals surface area (Å²) in [6.45, 7) is 0. The Hall–Kier alpha value is -1.59. The van der Waals surface area contributed by atoms with Crippen LogP contribution in [0.1, 0.15) is 18.0 Å².